The second kappa shape index (κ2) is 22.2. The van der Waals surface area contributed by atoms with E-state index >= 15 is 0 Å². The molecule has 0 fully saturated rings. The van der Waals surface area contributed by atoms with Crippen LogP contribution < -0.4 is 26.0 Å². The summed E-state index contributed by atoms with van der Waals surface area (Å²) in [4.78, 5) is 84.6. The molecule has 0 saturated heterocycles. The molecule has 5 aromatic rings. The summed E-state index contributed by atoms with van der Waals surface area (Å²) in [6.07, 6.45) is 0.172. The summed E-state index contributed by atoms with van der Waals surface area (Å²) in [5.74, 6) is -3.05. The van der Waals surface area contributed by atoms with E-state index < -0.39 is 66.4 Å². The van der Waals surface area contributed by atoms with Crippen molar-refractivity contribution in [3.63, 3.8) is 0 Å². The van der Waals surface area contributed by atoms with Gasteiger partial charge in [-0.15, -0.1) is 11.3 Å². The first-order valence-electron chi connectivity index (χ1n) is 20.7. The number of imide groups is 1. The van der Waals surface area contributed by atoms with E-state index in [0.29, 0.717) is 35.5 Å². The van der Waals surface area contributed by atoms with Crippen LogP contribution >= 0.6 is 11.3 Å². The Morgan fingerprint density at radius 1 is 0.694 bits per heavy atom. The second-order valence-electron chi connectivity index (χ2n) is 15.1. The fourth-order valence-electron chi connectivity index (χ4n) is 7.14. The molecule has 3 heterocycles. The topological polar surface area (TPSA) is 183 Å². The number of nitrogens with one attached hydrogen (secondary N) is 4. The molecule has 5 N–H and O–H groups in total. The number of amides is 6. The van der Waals surface area contributed by atoms with E-state index in [-0.39, 0.29) is 32.2 Å². The van der Waals surface area contributed by atoms with Crippen LogP contribution in [-0.2, 0) is 49.7 Å². The van der Waals surface area contributed by atoms with Gasteiger partial charge in [0, 0.05) is 30.7 Å². The monoisotopic (exact) mass is 857 g/mol. The van der Waals surface area contributed by atoms with Gasteiger partial charge in [-0.25, -0.2) is 9.69 Å². The zero-order chi connectivity index (χ0) is 43.8. The minimum absolute atomic E-state index is 0.0303. The van der Waals surface area contributed by atoms with Crippen LogP contribution in [0.15, 0.2) is 127 Å². The van der Waals surface area contributed by atoms with E-state index in [9.17, 15) is 33.9 Å². The number of thiophene rings is 1. The van der Waals surface area contributed by atoms with Crippen LogP contribution in [0.4, 0.5) is 4.79 Å². The highest BCUT2D eigenvalue weighted by Crippen LogP contribution is 2.21. The summed E-state index contributed by atoms with van der Waals surface area (Å²) < 4.78 is 5.77. The molecule has 0 unspecified atom stereocenters. The van der Waals surface area contributed by atoms with Gasteiger partial charge in [-0.1, -0.05) is 116 Å². The minimum atomic E-state index is -1.45. The van der Waals surface area contributed by atoms with Gasteiger partial charge in [-0.2, -0.15) is 0 Å². The van der Waals surface area contributed by atoms with Crippen LogP contribution in [0, 0.1) is 0 Å². The third-order valence-electron chi connectivity index (χ3n) is 10.5. The molecule has 4 aromatic carbocycles. The first kappa shape index (κ1) is 44.7. The molecule has 13 nitrogen and oxygen atoms in total. The number of ether oxygens (including phenoxy) is 1. The maximum absolute atomic E-state index is 14.6. The van der Waals surface area contributed by atoms with Gasteiger partial charge in [0.25, 0.3) is 11.8 Å². The lowest BCUT2D eigenvalue weighted by molar-refractivity contribution is -0.136. The fourth-order valence-corrected chi connectivity index (χ4v) is 7.89. The molecule has 1 aromatic heterocycles. The minimum Gasteiger partial charge on any atom is -0.484 e. The first-order valence-corrected chi connectivity index (χ1v) is 21.6. The van der Waals surface area contributed by atoms with Crippen molar-refractivity contribution < 1.29 is 38.6 Å². The standard InChI is InChI=1S/C48H51N5O8S/c1-2-3-26-53(48(59)60)47(58)42-29-34-18-23-37(24-19-34)61-31-43(54)49-41(30-38-15-10-27-62-38)46(57)51-40(28-33-16-21-36(22-17-33)35-13-8-5-9-14-35)45(56)50-39(44(55)52-42)25-20-32-11-6-4-7-12-32/h4-19,21-24,27,39-42H,2-3,20,25-26,28-31H2,1H3,(H,49,54)(H,50,56)(H,51,57)(H,52,55)(H,59,60)/t39-,40+,41-,42+/m1/s1. The Balaban J connectivity index is 1.36. The lowest BCUT2D eigenvalue weighted by Gasteiger charge is -2.28. The molecule has 2 aliphatic rings. The quantitative estimate of drug-likeness (QED) is 0.0989. The van der Waals surface area contributed by atoms with Crippen molar-refractivity contribution in [3.05, 3.63) is 148 Å². The van der Waals surface area contributed by atoms with Gasteiger partial charge in [0.05, 0.1) is 0 Å². The molecule has 322 valence electrons. The summed E-state index contributed by atoms with van der Waals surface area (Å²) >= 11 is 1.42. The molecule has 2 aliphatic heterocycles. The van der Waals surface area contributed by atoms with Gasteiger partial charge in [0.2, 0.25) is 17.7 Å². The van der Waals surface area contributed by atoms with Crippen LogP contribution in [-0.4, -0.2) is 83.0 Å². The number of rotatable bonds is 12. The molecule has 0 saturated carbocycles. The van der Waals surface area contributed by atoms with Gasteiger partial charge < -0.3 is 31.1 Å². The van der Waals surface area contributed by atoms with Crippen LogP contribution in [0.2, 0.25) is 0 Å². The van der Waals surface area contributed by atoms with Crippen LogP contribution in [0.25, 0.3) is 11.1 Å². The summed E-state index contributed by atoms with van der Waals surface area (Å²) in [6, 6.07) is 32.1. The zero-order valence-corrected chi connectivity index (χ0v) is 35.3. The van der Waals surface area contributed by atoms with Crippen molar-refractivity contribution in [1.82, 2.24) is 26.2 Å². The smallest absolute Gasteiger partial charge is 0.414 e. The Morgan fingerprint density at radius 2 is 1.32 bits per heavy atom. The highest BCUT2D eigenvalue weighted by atomic mass is 32.1. The molecule has 0 radical (unpaired) electrons. The number of carbonyl (C=O) groups is 6. The van der Waals surface area contributed by atoms with E-state index in [1.54, 1.807) is 24.3 Å². The van der Waals surface area contributed by atoms with Crippen molar-refractivity contribution in [2.45, 2.75) is 76.0 Å². The lowest BCUT2D eigenvalue weighted by Crippen LogP contribution is -2.59. The molecule has 7 rings (SSSR count). The number of hydrogen-bond donors (Lipinski definition) is 5. The highest BCUT2D eigenvalue weighted by Gasteiger charge is 2.34. The van der Waals surface area contributed by atoms with Crippen molar-refractivity contribution in [2.75, 3.05) is 13.2 Å². The number of unbranched alkanes of at least 4 members (excludes halogenated alkanes) is 1. The Hall–Kier alpha value is -6.80. The molecule has 2 bridgehead atoms. The maximum Gasteiger partial charge on any atom is 0.414 e. The lowest BCUT2D eigenvalue weighted by atomic mass is 9.99. The molecular formula is C48H51N5O8S. The number of nitrogens with zero attached hydrogens (tertiary/aromatic N) is 1. The Kier molecular flexibility index (Phi) is 16.0. The SMILES string of the molecule is CCCCN(C(=O)O)C(=O)[C@@H]1Cc2ccc(cc2)OCC(=O)N[C@H](Cc2cccs2)C(=O)N[C@@H](Cc2ccc(-c3ccccc3)cc2)C(=O)N[C@H](CCc2ccccc2)C(=O)N1. The third-order valence-corrected chi connectivity index (χ3v) is 11.4. The number of carbonyl (C=O) groups excluding carboxylic acids is 5. The number of aryl methyl sites for hydroxylation is 1. The second-order valence-corrected chi connectivity index (χ2v) is 16.2. The highest BCUT2D eigenvalue weighted by molar-refractivity contribution is 7.09. The Bertz CT molecular complexity index is 2270. The normalized spacial score (nSPS) is 18.7. The van der Waals surface area contributed by atoms with Gasteiger partial charge in [-0.3, -0.25) is 24.0 Å². The van der Waals surface area contributed by atoms with E-state index in [0.717, 1.165) is 27.1 Å². The van der Waals surface area contributed by atoms with Crippen LogP contribution in [0.1, 0.15) is 47.8 Å². The Labute approximate surface area is 364 Å². The first-order chi connectivity index (χ1) is 30.1. The van der Waals surface area contributed by atoms with Crippen LogP contribution in [0.3, 0.4) is 0 Å². The van der Waals surface area contributed by atoms with E-state index in [1.807, 2.05) is 109 Å². The molecule has 0 aliphatic carbocycles. The van der Waals surface area contributed by atoms with Crippen molar-refractivity contribution in [2.24, 2.45) is 0 Å². The van der Waals surface area contributed by atoms with E-state index in [4.69, 9.17) is 4.74 Å². The summed E-state index contributed by atoms with van der Waals surface area (Å²) in [5.41, 5.74) is 4.15. The van der Waals surface area contributed by atoms with Gasteiger partial charge in [0.15, 0.2) is 6.61 Å². The van der Waals surface area contributed by atoms with Crippen molar-refractivity contribution >= 4 is 47.0 Å². The number of benzene rings is 4. The van der Waals surface area contributed by atoms with Crippen molar-refractivity contribution in [3.8, 4) is 16.9 Å². The largest absolute Gasteiger partial charge is 0.484 e. The maximum atomic E-state index is 14.6. The molecule has 6 amide bonds. The number of fused-ring (bicyclic) bond motifs is 16. The fraction of sp³-hybridized carbons (Fsp3) is 0.292. The molecule has 4 atom stereocenters. The van der Waals surface area contributed by atoms with Gasteiger partial charge in [0.1, 0.15) is 29.9 Å². The number of carboxylic acid groups (broad SMARTS) is 1. The summed E-state index contributed by atoms with van der Waals surface area (Å²) in [5, 5.41) is 23.3. The van der Waals surface area contributed by atoms with E-state index in [2.05, 4.69) is 21.3 Å². The zero-order valence-electron chi connectivity index (χ0n) is 34.5. The van der Waals surface area contributed by atoms with E-state index in [1.165, 1.54) is 11.3 Å². The average molecular weight is 858 g/mol. The third kappa shape index (κ3) is 12.9. The predicted octanol–water partition coefficient (Wildman–Crippen LogP) is 5.71. The summed E-state index contributed by atoms with van der Waals surface area (Å²) in [7, 11) is 0. The predicted molar refractivity (Wildman–Crippen MR) is 236 cm³/mol. The molecule has 0 spiro atoms. The van der Waals surface area contributed by atoms with Crippen molar-refractivity contribution in [1.29, 1.82) is 0 Å². The molecule has 14 heteroatoms. The average Bonchev–Trinajstić information content (AvgIpc) is 3.80. The molecular weight excluding hydrogens is 807 g/mol. The van der Waals surface area contributed by atoms with Crippen LogP contribution in [0.5, 0.6) is 5.75 Å². The Morgan fingerprint density at radius 3 is 1.97 bits per heavy atom. The van der Waals surface area contributed by atoms with Gasteiger partial charge >= 0.3 is 6.09 Å². The summed E-state index contributed by atoms with van der Waals surface area (Å²) in [6.45, 7) is 1.38. The van der Waals surface area contributed by atoms with Gasteiger partial charge in [-0.05, 0) is 70.7 Å². The molecule has 62 heavy (non-hydrogen) atoms. The number of hydrogen-bond acceptors (Lipinski definition) is 8.